The SMILES string of the molecule is CCN1C(=O)C(C)(C)COc2cc(NC(=O)NC(C)C)ccc21. The summed E-state index contributed by atoms with van der Waals surface area (Å²) in [6.45, 7) is 10.3. The molecule has 6 heteroatoms. The number of carbonyl (C=O) groups excluding carboxylic acids is 2. The number of hydrogen-bond donors (Lipinski definition) is 2. The summed E-state index contributed by atoms with van der Waals surface area (Å²) in [4.78, 5) is 26.1. The number of fused-ring (bicyclic) bond motifs is 1. The lowest BCUT2D eigenvalue weighted by atomic mass is 9.93. The predicted octanol–water partition coefficient (Wildman–Crippen LogP) is 2.99. The van der Waals surface area contributed by atoms with Gasteiger partial charge in [-0.3, -0.25) is 4.79 Å². The third-order valence-corrected chi connectivity index (χ3v) is 3.66. The van der Waals surface area contributed by atoms with E-state index in [0.717, 1.165) is 5.69 Å². The van der Waals surface area contributed by atoms with E-state index in [-0.39, 0.29) is 18.0 Å². The molecule has 1 heterocycles. The van der Waals surface area contributed by atoms with Crippen LogP contribution in [0.1, 0.15) is 34.6 Å². The van der Waals surface area contributed by atoms with Crippen molar-refractivity contribution in [2.75, 3.05) is 23.4 Å². The lowest BCUT2D eigenvalue weighted by molar-refractivity contribution is -0.127. The van der Waals surface area contributed by atoms with E-state index in [1.807, 2.05) is 40.7 Å². The lowest BCUT2D eigenvalue weighted by Gasteiger charge is -2.26. The molecule has 0 fully saturated rings. The van der Waals surface area contributed by atoms with Crippen LogP contribution in [-0.2, 0) is 4.79 Å². The Bertz CT molecular complexity index is 611. The maximum absolute atomic E-state index is 12.6. The molecule has 3 amide bonds. The van der Waals surface area contributed by atoms with Crippen molar-refractivity contribution in [2.24, 2.45) is 5.41 Å². The fourth-order valence-corrected chi connectivity index (χ4v) is 2.47. The molecule has 23 heavy (non-hydrogen) atoms. The first-order valence-corrected chi connectivity index (χ1v) is 7.91. The van der Waals surface area contributed by atoms with E-state index >= 15 is 0 Å². The van der Waals surface area contributed by atoms with Gasteiger partial charge in [0, 0.05) is 24.3 Å². The second kappa shape index (κ2) is 6.48. The molecule has 0 unspecified atom stereocenters. The number of nitrogens with one attached hydrogen (secondary N) is 2. The summed E-state index contributed by atoms with van der Waals surface area (Å²) in [5.41, 5.74) is 0.778. The van der Waals surface area contributed by atoms with Crippen LogP contribution in [0.15, 0.2) is 18.2 Å². The topological polar surface area (TPSA) is 70.7 Å². The van der Waals surface area contributed by atoms with Gasteiger partial charge in [-0.15, -0.1) is 0 Å². The number of anilines is 2. The summed E-state index contributed by atoms with van der Waals surface area (Å²) in [5, 5.41) is 5.54. The van der Waals surface area contributed by atoms with Gasteiger partial charge < -0.3 is 20.3 Å². The highest BCUT2D eigenvalue weighted by molar-refractivity contribution is 6.00. The Kier molecular flexibility index (Phi) is 4.82. The highest BCUT2D eigenvalue weighted by Crippen LogP contribution is 2.37. The second-order valence-electron chi connectivity index (χ2n) is 6.66. The van der Waals surface area contributed by atoms with E-state index in [0.29, 0.717) is 24.6 Å². The van der Waals surface area contributed by atoms with Crippen molar-refractivity contribution >= 4 is 23.3 Å². The molecule has 0 atom stereocenters. The van der Waals surface area contributed by atoms with Crippen LogP contribution < -0.4 is 20.3 Å². The van der Waals surface area contributed by atoms with Crippen LogP contribution in [0.5, 0.6) is 5.75 Å². The number of hydrogen-bond acceptors (Lipinski definition) is 3. The van der Waals surface area contributed by atoms with Crippen LogP contribution in [0.25, 0.3) is 0 Å². The Hall–Kier alpha value is -2.24. The molecule has 1 aromatic carbocycles. The second-order valence-corrected chi connectivity index (χ2v) is 6.66. The Labute approximate surface area is 137 Å². The molecule has 2 rings (SSSR count). The van der Waals surface area contributed by atoms with Crippen molar-refractivity contribution in [1.82, 2.24) is 5.32 Å². The van der Waals surface area contributed by atoms with Crippen molar-refractivity contribution in [3.8, 4) is 5.75 Å². The van der Waals surface area contributed by atoms with Crippen molar-refractivity contribution < 1.29 is 14.3 Å². The maximum Gasteiger partial charge on any atom is 0.319 e. The van der Waals surface area contributed by atoms with Gasteiger partial charge in [0.25, 0.3) is 0 Å². The Morgan fingerprint density at radius 1 is 1.39 bits per heavy atom. The molecule has 0 spiro atoms. The molecule has 2 N–H and O–H groups in total. The average Bonchev–Trinajstić information content (AvgIpc) is 2.54. The Morgan fingerprint density at radius 2 is 2.09 bits per heavy atom. The molecule has 0 saturated carbocycles. The van der Waals surface area contributed by atoms with Crippen molar-refractivity contribution in [1.29, 1.82) is 0 Å². The van der Waals surface area contributed by atoms with Crippen LogP contribution in [0.3, 0.4) is 0 Å². The monoisotopic (exact) mass is 319 g/mol. The lowest BCUT2D eigenvalue weighted by Crippen LogP contribution is -2.42. The molecule has 1 aliphatic heterocycles. The standard InChI is InChI=1S/C17H25N3O3/c1-6-20-13-8-7-12(19-16(22)18-11(2)3)9-14(13)23-10-17(4,5)15(20)21/h7-9,11H,6,10H2,1-5H3,(H2,18,19,22). The molecule has 0 radical (unpaired) electrons. The number of ether oxygens (including phenoxy) is 1. The molecule has 126 valence electrons. The van der Waals surface area contributed by atoms with E-state index in [1.165, 1.54) is 0 Å². The number of carbonyl (C=O) groups is 2. The third-order valence-electron chi connectivity index (χ3n) is 3.66. The fraction of sp³-hybridized carbons (Fsp3) is 0.529. The summed E-state index contributed by atoms with van der Waals surface area (Å²) in [6, 6.07) is 5.13. The minimum atomic E-state index is -0.586. The van der Waals surface area contributed by atoms with Gasteiger partial charge in [-0.05, 0) is 46.8 Å². The van der Waals surface area contributed by atoms with E-state index < -0.39 is 5.41 Å². The highest BCUT2D eigenvalue weighted by atomic mass is 16.5. The van der Waals surface area contributed by atoms with Gasteiger partial charge in [0.2, 0.25) is 5.91 Å². The number of benzene rings is 1. The molecule has 1 aliphatic rings. The number of urea groups is 1. The number of amides is 3. The Balaban J connectivity index is 2.28. The molecule has 0 aliphatic carbocycles. The smallest absolute Gasteiger partial charge is 0.319 e. The summed E-state index contributed by atoms with van der Waals surface area (Å²) in [5.74, 6) is 0.644. The van der Waals surface area contributed by atoms with Gasteiger partial charge in [-0.1, -0.05) is 0 Å². The van der Waals surface area contributed by atoms with Crippen LogP contribution in [-0.4, -0.2) is 31.1 Å². The Morgan fingerprint density at radius 3 is 2.70 bits per heavy atom. The molecule has 0 aromatic heterocycles. The zero-order valence-corrected chi connectivity index (χ0v) is 14.4. The minimum absolute atomic E-state index is 0.0389. The summed E-state index contributed by atoms with van der Waals surface area (Å²) in [7, 11) is 0. The van der Waals surface area contributed by atoms with Gasteiger partial charge in [-0.25, -0.2) is 4.79 Å². The van der Waals surface area contributed by atoms with Crippen LogP contribution >= 0.6 is 0 Å². The van der Waals surface area contributed by atoms with Crippen LogP contribution in [0, 0.1) is 5.41 Å². The largest absolute Gasteiger partial charge is 0.490 e. The first kappa shape index (κ1) is 17.1. The highest BCUT2D eigenvalue weighted by Gasteiger charge is 2.37. The van der Waals surface area contributed by atoms with E-state index in [1.54, 1.807) is 17.0 Å². The zero-order valence-electron chi connectivity index (χ0n) is 14.4. The van der Waals surface area contributed by atoms with Gasteiger partial charge >= 0.3 is 6.03 Å². The number of nitrogens with zero attached hydrogens (tertiary/aromatic N) is 1. The van der Waals surface area contributed by atoms with E-state index in [9.17, 15) is 9.59 Å². The summed E-state index contributed by atoms with van der Waals surface area (Å²) >= 11 is 0. The van der Waals surface area contributed by atoms with E-state index in [4.69, 9.17) is 4.74 Å². The third kappa shape index (κ3) is 3.75. The predicted molar refractivity (Wildman–Crippen MR) is 91.0 cm³/mol. The van der Waals surface area contributed by atoms with Gasteiger partial charge in [-0.2, -0.15) is 0 Å². The van der Waals surface area contributed by atoms with Crippen molar-refractivity contribution in [3.05, 3.63) is 18.2 Å². The van der Waals surface area contributed by atoms with Gasteiger partial charge in [0.1, 0.15) is 12.4 Å². The van der Waals surface area contributed by atoms with Gasteiger partial charge in [0.05, 0.1) is 11.1 Å². The maximum atomic E-state index is 12.6. The molecular formula is C17H25N3O3. The molecule has 6 nitrogen and oxygen atoms in total. The van der Waals surface area contributed by atoms with Crippen molar-refractivity contribution in [3.63, 3.8) is 0 Å². The van der Waals surface area contributed by atoms with Gasteiger partial charge in [0.15, 0.2) is 0 Å². The van der Waals surface area contributed by atoms with Crippen molar-refractivity contribution in [2.45, 2.75) is 40.7 Å². The summed E-state index contributed by atoms with van der Waals surface area (Å²) in [6.07, 6.45) is 0. The molecular weight excluding hydrogens is 294 g/mol. The van der Waals surface area contributed by atoms with Crippen LogP contribution in [0.2, 0.25) is 0 Å². The van der Waals surface area contributed by atoms with Crippen LogP contribution in [0.4, 0.5) is 16.2 Å². The fourth-order valence-electron chi connectivity index (χ4n) is 2.47. The average molecular weight is 319 g/mol. The molecule has 1 aromatic rings. The number of rotatable bonds is 3. The minimum Gasteiger partial charge on any atom is -0.490 e. The normalized spacial score (nSPS) is 16.4. The first-order chi connectivity index (χ1) is 10.7. The van der Waals surface area contributed by atoms with E-state index in [2.05, 4.69) is 10.6 Å². The quantitative estimate of drug-likeness (QED) is 0.900. The molecule has 0 saturated heterocycles. The zero-order chi connectivity index (χ0) is 17.2. The molecule has 0 bridgehead atoms. The first-order valence-electron chi connectivity index (χ1n) is 7.91. The summed E-state index contributed by atoms with van der Waals surface area (Å²) < 4.78 is 5.84.